The number of para-hydroxylation sites is 1. The van der Waals surface area contributed by atoms with Gasteiger partial charge in [-0.3, -0.25) is 9.59 Å². The largest absolute Gasteiger partial charge is 0.326 e. The van der Waals surface area contributed by atoms with Crippen molar-refractivity contribution in [1.82, 2.24) is 0 Å². The summed E-state index contributed by atoms with van der Waals surface area (Å²) < 4.78 is 0. The zero-order valence-electron chi connectivity index (χ0n) is 11.8. The van der Waals surface area contributed by atoms with E-state index in [1.54, 1.807) is 24.3 Å². The second-order valence-corrected chi connectivity index (χ2v) is 5.74. The smallest absolute Gasteiger partial charge is 0.228 e. The average Bonchev–Trinajstić information content (AvgIpc) is 3.29. The van der Waals surface area contributed by atoms with Crippen LogP contribution in [0.2, 0.25) is 5.02 Å². The standard InChI is InChI=1S/C17H15ClN2O2/c18-11-5-4-8-13(9-11)20-17(22)15-10-14(15)16(21)19-12-6-2-1-3-7-12/h1-9,14-15H,10H2,(H,19,21)(H,20,22). The van der Waals surface area contributed by atoms with Crippen LogP contribution in [0, 0.1) is 11.8 Å². The number of nitrogens with one attached hydrogen (secondary N) is 2. The van der Waals surface area contributed by atoms with Gasteiger partial charge in [-0.05, 0) is 36.8 Å². The summed E-state index contributed by atoms with van der Waals surface area (Å²) in [7, 11) is 0. The van der Waals surface area contributed by atoms with E-state index in [0.29, 0.717) is 17.1 Å². The number of benzene rings is 2. The second kappa shape index (κ2) is 6.20. The highest BCUT2D eigenvalue weighted by Gasteiger charge is 2.48. The van der Waals surface area contributed by atoms with Gasteiger partial charge in [-0.1, -0.05) is 35.9 Å². The Balaban J connectivity index is 1.55. The minimum absolute atomic E-state index is 0.113. The summed E-state index contributed by atoms with van der Waals surface area (Å²) in [5, 5.41) is 6.17. The van der Waals surface area contributed by atoms with E-state index >= 15 is 0 Å². The molecule has 0 saturated heterocycles. The molecule has 2 aromatic rings. The summed E-state index contributed by atoms with van der Waals surface area (Å²) in [6.45, 7) is 0. The fourth-order valence-corrected chi connectivity index (χ4v) is 2.52. The number of amides is 2. The quantitative estimate of drug-likeness (QED) is 0.906. The van der Waals surface area contributed by atoms with Crippen molar-refractivity contribution in [3.8, 4) is 0 Å². The van der Waals surface area contributed by atoms with Crippen LogP contribution < -0.4 is 10.6 Å². The number of carbonyl (C=O) groups is 2. The Morgan fingerprint density at radius 2 is 1.45 bits per heavy atom. The Bertz CT molecular complexity index is 703. The topological polar surface area (TPSA) is 58.2 Å². The molecule has 1 saturated carbocycles. The minimum atomic E-state index is -0.275. The van der Waals surface area contributed by atoms with Crippen LogP contribution in [0.1, 0.15) is 6.42 Å². The Hall–Kier alpha value is -2.33. The molecule has 0 radical (unpaired) electrons. The van der Waals surface area contributed by atoms with Gasteiger partial charge in [0.2, 0.25) is 11.8 Å². The summed E-state index contributed by atoms with van der Waals surface area (Å²) in [5.74, 6) is -0.796. The molecule has 2 N–H and O–H groups in total. The molecule has 2 aromatic carbocycles. The molecular weight excluding hydrogens is 300 g/mol. The van der Waals surface area contributed by atoms with Gasteiger partial charge in [0, 0.05) is 16.4 Å². The fourth-order valence-electron chi connectivity index (χ4n) is 2.33. The van der Waals surface area contributed by atoms with Gasteiger partial charge in [-0.2, -0.15) is 0 Å². The van der Waals surface area contributed by atoms with E-state index in [9.17, 15) is 9.59 Å². The lowest BCUT2D eigenvalue weighted by atomic mass is 10.2. The molecule has 1 fully saturated rings. The van der Waals surface area contributed by atoms with Crippen LogP contribution in [-0.4, -0.2) is 11.8 Å². The maximum absolute atomic E-state index is 12.1. The summed E-state index contributed by atoms with van der Waals surface area (Å²) in [6.07, 6.45) is 0.574. The van der Waals surface area contributed by atoms with Gasteiger partial charge in [0.1, 0.15) is 0 Å². The molecule has 0 bridgehead atoms. The van der Waals surface area contributed by atoms with Crippen LogP contribution in [-0.2, 0) is 9.59 Å². The third kappa shape index (κ3) is 3.46. The highest BCUT2D eigenvalue weighted by molar-refractivity contribution is 6.30. The molecule has 112 valence electrons. The van der Waals surface area contributed by atoms with Crippen molar-refractivity contribution in [1.29, 1.82) is 0 Å². The normalized spacial score (nSPS) is 19.3. The van der Waals surface area contributed by atoms with Crippen LogP contribution in [0.15, 0.2) is 54.6 Å². The van der Waals surface area contributed by atoms with Gasteiger partial charge >= 0.3 is 0 Å². The molecule has 1 aliphatic rings. The van der Waals surface area contributed by atoms with E-state index < -0.39 is 0 Å². The van der Waals surface area contributed by atoms with Gasteiger partial charge in [0.05, 0.1) is 11.8 Å². The van der Waals surface area contributed by atoms with Crippen molar-refractivity contribution in [2.24, 2.45) is 11.8 Å². The van der Waals surface area contributed by atoms with Crippen molar-refractivity contribution in [2.45, 2.75) is 6.42 Å². The Morgan fingerprint density at radius 1 is 0.864 bits per heavy atom. The monoisotopic (exact) mass is 314 g/mol. The summed E-state index contributed by atoms with van der Waals surface area (Å²) in [4.78, 5) is 24.2. The zero-order chi connectivity index (χ0) is 15.5. The van der Waals surface area contributed by atoms with Gasteiger partial charge in [0.25, 0.3) is 0 Å². The van der Waals surface area contributed by atoms with Crippen molar-refractivity contribution in [3.05, 3.63) is 59.6 Å². The predicted octanol–water partition coefficient (Wildman–Crippen LogP) is 3.55. The molecular formula is C17H15ClN2O2. The molecule has 3 rings (SSSR count). The van der Waals surface area contributed by atoms with Crippen molar-refractivity contribution in [2.75, 3.05) is 10.6 Å². The van der Waals surface area contributed by atoms with E-state index in [4.69, 9.17) is 11.6 Å². The number of carbonyl (C=O) groups excluding carboxylic acids is 2. The predicted molar refractivity (Wildman–Crippen MR) is 86.8 cm³/mol. The number of halogens is 1. The van der Waals surface area contributed by atoms with Crippen LogP contribution in [0.4, 0.5) is 11.4 Å². The first-order valence-electron chi connectivity index (χ1n) is 7.06. The van der Waals surface area contributed by atoms with Crippen LogP contribution >= 0.6 is 11.6 Å². The summed E-state index contributed by atoms with van der Waals surface area (Å²) >= 11 is 5.88. The van der Waals surface area contributed by atoms with Gasteiger partial charge in [-0.15, -0.1) is 0 Å². The van der Waals surface area contributed by atoms with E-state index in [1.165, 1.54) is 0 Å². The third-order valence-corrected chi connectivity index (χ3v) is 3.83. The van der Waals surface area contributed by atoms with Crippen molar-refractivity contribution >= 4 is 34.8 Å². The molecule has 4 nitrogen and oxygen atoms in total. The number of anilines is 2. The lowest BCUT2D eigenvalue weighted by Crippen LogP contribution is -2.20. The molecule has 2 amide bonds. The third-order valence-electron chi connectivity index (χ3n) is 3.60. The number of hydrogen-bond acceptors (Lipinski definition) is 2. The molecule has 0 aliphatic heterocycles. The lowest BCUT2D eigenvalue weighted by Gasteiger charge is -2.06. The first kappa shape index (κ1) is 14.6. The molecule has 2 unspecified atom stereocenters. The summed E-state index contributed by atoms with van der Waals surface area (Å²) in [6, 6.07) is 16.2. The number of rotatable bonds is 4. The molecule has 1 aliphatic carbocycles. The van der Waals surface area contributed by atoms with Crippen LogP contribution in [0.3, 0.4) is 0 Å². The van der Waals surface area contributed by atoms with Gasteiger partial charge < -0.3 is 10.6 Å². The Morgan fingerprint density at radius 3 is 2.09 bits per heavy atom. The Kier molecular flexibility index (Phi) is 4.11. The maximum Gasteiger partial charge on any atom is 0.228 e. The first-order chi connectivity index (χ1) is 10.6. The SMILES string of the molecule is O=C(Nc1ccccc1)C1CC1C(=O)Nc1cccc(Cl)c1. The highest BCUT2D eigenvalue weighted by Crippen LogP contribution is 2.40. The minimum Gasteiger partial charge on any atom is -0.326 e. The van der Waals surface area contributed by atoms with Crippen molar-refractivity contribution in [3.63, 3.8) is 0 Å². The first-order valence-corrected chi connectivity index (χ1v) is 7.43. The average molecular weight is 315 g/mol. The second-order valence-electron chi connectivity index (χ2n) is 5.30. The van der Waals surface area contributed by atoms with Crippen LogP contribution in [0.25, 0.3) is 0 Å². The lowest BCUT2D eigenvalue weighted by molar-refractivity contribution is -0.122. The molecule has 5 heteroatoms. The van der Waals surface area contributed by atoms with E-state index in [0.717, 1.165) is 5.69 Å². The van der Waals surface area contributed by atoms with Gasteiger partial charge in [0.15, 0.2) is 0 Å². The van der Waals surface area contributed by atoms with E-state index in [-0.39, 0.29) is 23.7 Å². The maximum atomic E-state index is 12.1. The van der Waals surface area contributed by atoms with E-state index in [2.05, 4.69) is 10.6 Å². The summed E-state index contributed by atoms with van der Waals surface area (Å²) in [5.41, 5.74) is 1.39. The van der Waals surface area contributed by atoms with Gasteiger partial charge in [-0.25, -0.2) is 0 Å². The molecule has 2 atom stereocenters. The Labute approximate surface area is 133 Å². The zero-order valence-corrected chi connectivity index (χ0v) is 12.5. The molecule has 0 spiro atoms. The van der Waals surface area contributed by atoms with Crippen molar-refractivity contribution < 1.29 is 9.59 Å². The molecule has 0 heterocycles. The molecule has 22 heavy (non-hydrogen) atoms. The van der Waals surface area contributed by atoms with E-state index in [1.807, 2.05) is 30.3 Å². The molecule has 0 aromatic heterocycles. The van der Waals surface area contributed by atoms with Crippen LogP contribution in [0.5, 0.6) is 0 Å². The number of hydrogen-bond donors (Lipinski definition) is 2. The highest BCUT2D eigenvalue weighted by atomic mass is 35.5. The fraction of sp³-hybridized carbons (Fsp3) is 0.176.